The van der Waals surface area contributed by atoms with Gasteiger partial charge >= 0.3 is 0 Å². The van der Waals surface area contributed by atoms with Crippen LogP contribution >= 0.6 is 0 Å². The van der Waals surface area contributed by atoms with Crippen LogP contribution in [0.3, 0.4) is 0 Å². The van der Waals surface area contributed by atoms with E-state index in [1.807, 2.05) is 0 Å². The molecule has 2 nitrogen and oxygen atoms in total. The molecule has 1 fully saturated rings. The monoisotopic (exact) mass is 290 g/mol. The van der Waals surface area contributed by atoms with Crippen molar-refractivity contribution in [2.45, 2.75) is 45.1 Å². The van der Waals surface area contributed by atoms with E-state index in [2.05, 4.69) is 67.8 Å². The van der Waals surface area contributed by atoms with Gasteiger partial charge in [0.2, 0.25) is 0 Å². The molecule has 0 bridgehead atoms. The second-order valence-corrected chi connectivity index (χ2v) is 12.5. The summed E-state index contributed by atoms with van der Waals surface area (Å²) in [7, 11) is 3.36. The molecule has 0 N–H and O–H groups in total. The highest BCUT2D eigenvalue weighted by atomic mass is 28.3. The predicted molar refractivity (Wildman–Crippen MR) is 91.4 cm³/mol. The molecule has 0 spiro atoms. The van der Waals surface area contributed by atoms with E-state index in [9.17, 15) is 0 Å². The van der Waals surface area contributed by atoms with Gasteiger partial charge in [-0.3, -0.25) is 4.90 Å². The van der Waals surface area contributed by atoms with E-state index in [1.54, 1.807) is 5.19 Å². The number of hydrogen-bond donors (Lipinski definition) is 0. The number of nitrogens with zero attached hydrogens (tertiary/aromatic N) is 2. The molecule has 1 saturated heterocycles. The van der Waals surface area contributed by atoms with Gasteiger partial charge in [-0.2, -0.15) is 0 Å². The highest BCUT2D eigenvalue weighted by Gasteiger charge is 2.21. The second kappa shape index (κ2) is 6.42. The minimum Gasteiger partial charge on any atom is -0.305 e. The Balaban J connectivity index is 1.95. The van der Waals surface area contributed by atoms with Crippen molar-refractivity contribution in [2.24, 2.45) is 0 Å². The Kier molecular flexibility index (Phi) is 5.05. The summed E-state index contributed by atoms with van der Waals surface area (Å²) < 4.78 is 0. The first-order chi connectivity index (χ1) is 9.36. The molecule has 0 aliphatic carbocycles. The fourth-order valence-corrected chi connectivity index (χ4v) is 4.19. The van der Waals surface area contributed by atoms with E-state index >= 15 is 0 Å². The van der Waals surface area contributed by atoms with Crippen LogP contribution in [-0.4, -0.2) is 51.1 Å². The van der Waals surface area contributed by atoms with Crippen LogP contribution in [0.15, 0.2) is 24.3 Å². The van der Waals surface area contributed by atoms with Crippen molar-refractivity contribution in [3.63, 3.8) is 0 Å². The number of rotatable bonds is 4. The van der Waals surface area contributed by atoms with Gasteiger partial charge in [0.1, 0.15) is 0 Å². The van der Waals surface area contributed by atoms with Gasteiger partial charge in [0.25, 0.3) is 0 Å². The van der Waals surface area contributed by atoms with Gasteiger partial charge in [0, 0.05) is 19.1 Å². The van der Waals surface area contributed by atoms with Crippen LogP contribution in [0, 0.1) is 0 Å². The number of likely N-dealkylation sites (N-methyl/N-ethyl adjacent to an activating group) is 2. The molecule has 3 heteroatoms. The summed E-state index contributed by atoms with van der Waals surface area (Å²) in [5.41, 5.74) is 1.45. The summed E-state index contributed by atoms with van der Waals surface area (Å²) in [6.07, 6.45) is 2.67. The predicted octanol–water partition coefficient (Wildman–Crippen LogP) is 2.76. The maximum absolute atomic E-state index is 2.53. The van der Waals surface area contributed by atoms with E-state index in [4.69, 9.17) is 0 Å². The van der Waals surface area contributed by atoms with E-state index < -0.39 is 8.07 Å². The largest absolute Gasteiger partial charge is 0.305 e. The first-order valence-corrected chi connectivity index (χ1v) is 11.3. The molecule has 0 saturated carbocycles. The quantitative estimate of drug-likeness (QED) is 0.787. The van der Waals surface area contributed by atoms with Crippen molar-refractivity contribution in [1.29, 1.82) is 0 Å². The lowest BCUT2D eigenvalue weighted by Crippen LogP contribution is -2.44. The van der Waals surface area contributed by atoms with Crippen LogP contribution in [0.5, 0.6) is 0 Å². The molecule has 0 amide bonds. The Bertz CT molecular complexity index is 422. The first kappa shape index (κ1) is 15.7. The Morgan fingerprint density at radius 1 is 1.20 bits per heavy atom. The van der Waals surface area contributed by atoms with E-state index in [-0.39, 0.29) is 0 Å². The van der Waals surface area contributed by atoms with Crippen LogP contribution in [-0.2, 0) is 6.54 Å². The zero-order valence-electron chi connectivity index (χ0n) is 13.8. The molecular weight excluding hydrogens is 260 g/mol. The topological polar surface area (TPSA) is 6.48 Å². The lowest BCUT2D eigenvalue weighted by Gasteiger charge is -2.36. The molecule has 1 aliphatic heterocycles. The highest BCUT2D eigenvalue weighted by Crippen LogP contribution is 2.16. The summed E-state index contributed by atoms with van der Waals surface area (Å²) in [5, 5.41) is 1.56. The molecule has 2 rings (SSSR count). The Morgan fingerprint density at radius 2 is 1.85 bits per heavy atom. The summed E-state index contributed by atoms with van der Waals surface area (Å²) in [6.45, 7) is 10.8. The summed E-state index contributed by atoms with van der Waals surface area (Å²) in [5.74, 6) is 0. The van der Waals surface area contributed by atoms with Crippen LogP contribution in [0.2, 0.25) is 19.6 Å². The lowest BCUT2D eigenvalue weighted by molar-refractivity contribution is 0.129. The number of piperidine rings is 1. The maximum atomic E-state index is 2.53. The normalized spacial score (nSPS) is 21.4. The van der Waals surface area contributed by atoms with Crippen LogP contribution in [0.1, 0.15) is 18.4 Å². The van der Waals surface area contributed by atoms with Gasteiger partial charge in [0.05, 0.1) is 8.07 Å². The lowest BCUT2D eigenvalue weighted by atomic mass is 10.0. The molecule has 1 aromatic carbocycles. The summed E-state index contributed by atoms with van der Waals surface area (Å²) >= 11 is 0. The van der Waals surface area contributed by atoms with Crippen molar-refractivity contribution in [3.8, 4) is 0 Å². The fourth-order valence-electron chi connectivity index (χ4n) is 3.03. The second-order valence-electron chi connectivity index (χ2n) is 7.42. The number of likely N-dealkylation sites (tertiary alicyclic amines) is 1. The van der Waals surface area contributed by atoms with Crippen LogP contribution < -0.4 is 5.19 Å². The fraction of sp³-hybridized carbons (Fsp3) is 0.647. The average Bonchev–Trinajstić information content (AvgIpc) is 2.38. The van der Waals surface area contributed by atoms with Gasteiger partial charge in [0.15, 0.2) is 0 Å². The third-order valence-corrected chi connectivity index (χ3v) is 6.54. The number of benzene rings is 1. The molecule has 1 aliphatic rings. The van der Waals surface area contributed by atoms with Crippen molar-refractivity contribution >= 4 is 13.3 Å². The van der Waals surface area contributed by atoms with Gasteiger partial charge < -0.3 is 4.90 Å². The summed E-state index contributed by atoms with van der Waals surface area (Å²) in [6, 6.07) is 10.1. The minimum absolute atomic E-state index is 0.713. The van der Waals surface area contributed by atoms with E-state index in [0.29, 0.717) is 6.04 Å². The molecule has 20 heavy (non-hydrogen) atoms. The van der Waals surface area contributed by atoms with Gasteiger partial charge in [-0.1, -0.05) is 49.1 Å². The van der Waals surface area contributed by atoms with Gasteiger partial charge in [-0.05, 0) is 39.0 Å². The third-order valence-electron chi connectivity index (χ3n) is 4.47. The molecule has 0 aromatic heterocycles. The van der Waals surface area contributed by atoms with E-state index in [0.717, 1.165) is 6.54 Å². The molecule has 1 heterocycles. The van der Waals surface area contributed by atoms with Crippen molar-refractivity contribution in [3.05, 3.63) is 29.8 Å². The zero-order chi connectivity index (χ0) is 14.8. The Morgan fingerprint density at radius 3 is 2.40 bits per heavy atom. The van der Waals surface area contributed by atoms with Crippen molar-refractivity contribution in [2.75, 3.05) is 27.2 Å². The molecule has 1 unspecified atom stereocenters. The molecule has 1 aromatic rings. The smallest absolute Gasteiger partial charge is 0.0775 e. The zero-order valence-corrected chi connectivity index (χ0v) is 14.8. The van der Waals surface area contributed by atoms with Crippen LogP contribution in [0.4, 0.5) is 0 Å². The maximum Gasteiger partial charge on any atom is 0.0775 e. The third kappa shape index (κ3) is 4.17. The van der Waals surface area contributed by atoms with Gasteiger partial charge in [-0.15, -0.1) is 0 Å². The first-order valence-electron chi connectivity index (χ1n) is 7.84. The Hall–Kier alpha value is -0.643. The van der Waals surface area contributed by atoms with E-state index in [1.165, 1.54) is 31.5 Å². The number of hydrogen-bond acceptors (Lipinski definition) is 2. The van der Waals surface area contributed by atoms with Crippen LogP contribution in [0.25, 0.3) is 0 Å². The van der Waals surface area contributed by atoms with Crippen molar-refractivity contribution < 1.29 is 0 Å². The SMILES string of the molecule is CN1CCCC(N(C)Cc2ccc([Si](C)(C)C)cc2)C1. The van der Waals surface area contributed by atoms with Crippen molar-refractivity contribution in [1.82, 2.24) is 9.80 Å². The average molecular weight is 291 g/mol. The molecule has 112 valence electrons. The standard InChI is InChI=1S/C17H30N2Si/c1-18-12-6-7-16(14-18)19(2)13-15-8-10-17(11-9-15)20(3,4)5/h8-11,16H,6-7,12-14H2,1-5H3. The summed E-state index contributed by atoms with van der Waals surface area (Å²) in [4.78, 5) is 4.98. The molecule has 0 radical (unpaired) electrons. The van der Waals surface area contributed by atoms with Gasteiger partial charge in [-0.25, -0.2) is 0 Å². The molecular formula is C17H30N2Si. The Labute approximate surface area is 125 Å². The molecule has 1 atom stereocenters. The minimum atomic E-state index is -1.16. The highest BCUT2D eigenvalue weighted by molar-refractivity contribution is 6.88.